The van der Waals surface area contributed by atoms with Crippen LogP contribution in [0.5, 0.6) is 0 Å². The highest BCUT2D eigenvalue weighted by atomic mass is 16.3. The number of aryl methyl sites for hydroxylation is 2. The molecule has 0 fully saturated rings. The summed E-state index contributed by atoms with van der Waals surface area (Å²) in [6, 6.07) is 11.6. The average Bonchev–Trinajstić information content (AvgIpc) is 2.87. The van der Waals surface area contributed by atoms with Crippen molar-refractivity contribution < 1.29 is 14.3 Å². The molecule has 1 unspecified atom stereocenters. The molecule has 0 spiro atoms. The minimum Gasteiger partial charge on any atom is -0.466 e. The molecule has 23 heavy (non-hydrogen) atoms. The zero-order valence-electron chi connectivity index (χ0n) is 13.6. The number of rotatable bonds is 7. The van der Waals surface area contributed by atoms with Gasteiger partial charge in [0, 0.05) is 18.7 Å². The van der Waals surface area contributed by atoms with Gasteiger partial charge in [-0.25, -0.2) is 4.79 Å². The van der Waals surface area contributed by atoms with E-state index >= 15 is 0 Å². The number of hydrogen-bond donors (Lipinski definition) is 3. The summed E-state index contributed by atoms with van der Waals surface area (Å²) in [6.07, 6.45) is 0.619. The van der Waals surface area contributed by atoms with Gasteiger partial charge in [0.2, 0.25) is 0 Å². The fourth-order valence-corrected chi connectivity index (χ4v) is 2.49. The van der Waals surface area contributed by atoms with Crippen molar-refractivity contribution in [1.82, 2.24) is 10.6 Å². The third-order valence-electron chi connectivity index (χ3n) is 3.68. The van der Waals surface area contributed by atoms with Crippen LogP contribution in [0.2, 0.25) is 0 Å². The fraction of sp³-hybridized carbons (Fsp3) is 0.389. The van der Waals surface area contributed by atoms with Gasteiger partial charge in [0.15, 0.2) is 0 Å². The maximum Gasteiger partial charge on any atom is 0.314 e. The summed E-state index contributed by atoms with van der Waals surface area (Å²) in [5.74, 6) is 1.51. The minimum absolute atomic E-state index is 0.215. The lowest BCUT2D eigenvalue weighted by atomic mass is 10.1. The van der Waals surface area contributed by atoms with Crippen LogP contribution < -0.4 is 10.6 Å². The molecule has 1 aromatic heterocycles. The molecule has 0 bridgehead atoms. The maximum absolute atomic E-state index is 11.7. The van der Waals surface area contributed by atoms with E-state index in [1.54, 1.807) is 0 Å². The van der Waals surface area contributed by atoms with Crippen LogP contribution >= 0.6 is 0 Å². The van der Waals surface area contributed by atoms with Crippen LogP contribution in [0, 0.1) is 13.8 Å². The van der Waals surface area contributed by atoms with Gasteiger partial charge in [-0.1, -0.05) is 30.3 Å². The topological polar surface area (TPSA) is 74.5 Å². The zero-order chi connectivity index (χ0) is 16.7. The smallest absolute Gasteiger partial charge is 0.314 e. The molecule has 1 atom stereocenters. The molecule has 0 saturated carbocycles. The number of carbonyl (C=O) groups excluding carboxylic acids is 1. The first-order chi connectivity index (χ1) is 11.1. The van der Waals surface area contributed by atoms with E-state index < -0.39 is 6.10 Å². The second kappa shape index (κ2) is 8.39. The van der Waals surface area contributed by atoms with Crippen molar-refractivity contribution in [3.8, 4) is 0 Å². The first kappa shape index (κ1) is 17.1. The quantitative estimate of drug-likeness (QED) is 0.735. The second-order valence-corrected chi connectivity index (χ2v) is 5.59. The molecule has 1 heterocycles. The van der Waals surface area contributed by atoms with Crippen molar-refractivity contribution in [3.63, 3.8) is 0 Å². The summed E-state index contributed by atoms with van der Waals surface area (Å²) in [5.41, 5.74) is 1.97. The van der Waals surface area contributed by atoms with Crippen LogP contribution in [0.15, 0.2) is 40.8 Å². The molecule has 0 aliphatic carbocycles. The lowest BCUT2D eigenvalue weighted by Gasteiger charge is -2.11. The summed E-state index contributed by atoms with van der Waals surface area (Å²) in [6.45, 7) is 4.66. The van der Waals surface area contributed by atoms with Crippen molar-refractivity contribution >= 4 is 6.03 Å². The minimum atomic E-state index is -0.628. The number of urea groups is 1. The Kier molecular flexibility index (Phi) is 6.23. The van der Waals surface area contributed by atoms with Crippen molar-refractivity contribution in [1.29, 1.82) is 0 Å². The molecule has 0 saturated heterocycles. The van der Waals surface area contributed by atoms with E-state index in [2.05, 4.69) is 10.6 Å². The molecule has 3 N–H and O–H groups in total. The number of aliphatic hydroxyl groups excluding tert-OH is 1. The van der Waals surface area contributed by atoms with Gasteiger partial charge in [-0.3, -0.25) is 0 Å². The highest BCUT2D eigenvalue weighted by Crippen LogP contribution is 2.23. The molecule has 0 aliphatic rings. The van der Waals surface area contributed by atoms with Crippen molar-refractivity contribution in [2.24, 2.45) is 0 Å². The zero-order valence-corrected chi connectivity index (χ0v) is 13.6. The molecule has 2 aromatic rings. The number of amides is 2. The van der Waals surface area contributed by atoms with E-state index in [1.807, 2.05) is 50.2 Å². The Morgan fingerprint density at radius 2 is 1.87 bits per heavy atom. The van der Waals surface area contributed by atoms with Gasteiger partial charge in [-0.2, -0.15) is 0 Å². The van der Waals surface area contributed by atoms with E-state index in [4.69, 9.17) is 4.42 Å². The first-order valence-corrected chi connectivity index (χ1v) is 7.87. The molecule has 1 aromatic carbocycles. The summed E-state index contributed by atoms with van der Waals surface area (Å²) in [7, 11) is 0. The summed E-state index contributed by atoms with van der Waals surface area (Å²) < 4.78 is 5.40. The fourth-order valence-electron chi connectivity index (χ4n) is 2.49. The van der Waals surface area contributed by atoms with Crippen molar-refractivity contribution in [3.05, 3.63) is 59.0 Å². The molecule has 0 aliphatic heterocycles. The van der Waals surface area contributed by atoms with E-state index in [-0.39, 0.29) is 6.03 Å². The van der Waals surface area contributed by atoms with E-state index in [9.17, 15) is 9.90 Å². The third-order valence-corrected chi connectivity index (χ3v) is 3.68. The van der Waals surface area contributed by atoms with Crippen LogP contribution in [0.3, 0.4) is 0 Å². The van der Waals surface area contributed by atoms with E-state index in [0.717, 1.165) is 23.5 Å². The van der Waals surface area contributed by atoms with Gasteiger partial charge in [-0.05, 0) is 38.3 Å². The Bertz CT molecular complexity index is 622. The Balaban J connectivity index is 1.64. The molecule has 0 radical (unpaired) electrons. The molecule has 5 heteroatoms. The number of aliphatic hydroxyl groups is 1. The lowest BCUT2D eigenvalue weighted by Crippen LogP contribution is -2.37. The third kappa shape index (κ3) is 5.45. The predicted molar refractivity (Wildman–Crippen MR) is 89.3 cm³/mol. The average molecular weight is 316 g/mol. The van der Waals surface area contributed by atoms with Crippen LogP contribution in [-0.4, -0.2) is 24.2 Å². The maximum atomic E-state index is 11.7. The van der Waals surface area contributed by atoms with Gasteiger partial charge in [0.1, 0.15) is 11.5 Å². The van der Waals surface area contributed by atoms with Gasteiger partial charge in [0.05, 0.1) is 6.10 Å². The van der Waals surface area contributed by atoms with Crippen molar-refractivity contribution in [2.45, 2.75) is 32.8 Å². The van der Waals surface area contributed by atoms with Gasteiger partial charge < -0.3 is 20.2 Å². The second-order valence-electron chi connectivity index (χ2n) is 5.59. The number of benzene rings is 1. The van der Waals surface area contributed by atoms with Crippen LogP contribution in [-0.2, 0) is 6.42 Å². The van der Waals surface area contributed by atoms with E-state index in [0.29, 0.717) is 19.5 Å². The van der Waals surface area contributed by atoms with Gasteiger partial charge in [-0.15, -0.1) is 0 Å². The molecular formula is C18H24N2O3. The predicted octanol–water partition coefficient (Wildman–Crippen LogP) is 2.86. The van der Waals surface area contributed by atoms with Crippen molar-refractivity contribution in [2.75, 3.05) is 13.1 Å². The first-order valence-electron chi connectivity index (χ1n) is 7.87. The Morgan fingerprint density at radius 3 is 2.52 bits per heavy atom. The van der Waals surface area contributed by atoms with E-state index in [1.165, 1.54) is 5.56 Å². The molecule has 2 amide bonds. The largest absolute Gasteiger partial charge is 0.466 e. The van der Waals surface area contributed by atoms with Gasteiger partial charge >= 0.3 is 6.03 Å². The molecule has 124 valence electrons. The van der Waals surface area contributed by atoms with Crippen LogP contribution in [0.25, 0.3) is 0 Å². The van der Waals surface area contributed by atoms with Gasteiger partial charge in [0.25, 0.3) is 0 Å². The SMILES string of the molecule is Cc1cc(C(O)CCNC(=O)NCCc2ccccc2)c(C)o1. The normalized spacial score (nSPS) is 12.0. The molecule has 5 nitrogen and oxygen atoms in total. The number of furan rings is 1. The molecule has 2 rings (SSSR count). The number of nitrogens with one attached hydrogen (secondary N) is 2. The number of hydrogen-bond acceptors (Lipinski definition) is 3. The highest BCUT2D eigenvalue weighted by Gasteiger charge is 2.14. The summed E-state index contributed by atoms with van der Waals surface area (Å²) >= 11 is 0. The van der Waals surface area contributed by atoms with Crippen LogP contribution in [0.1, 0.15) is 35.2 Å². The van der Waals surface area contributed by atoms with Crippen LogP contribution in [0.4, 0.5) is 4.79 Å². The monoisotopic (exact) mass is 316 g/mol. The summed E-state index contributed by atoms with van der Waals surface area (Å²) in [5, 5.41) is 15.7. The lowest BCUT2D eigenvalue weighted by molar-refractivity contribution is 0.165. The number of carbonyl (C=O) groups is 1. The Hall–Kier alpha value is -2.27. The molecular weight excluding hydrogens is 292 g/mol. The highest BCUT2D eigenvalue weighted by molar-refractivity contribution is 5.73. The Morgan fingerprint density at radius 1 is 1.17 bits per heavy atom. The standard InChI is InChI=1S/C18H24N2O3/c1-13-12-16(14(2)23-13)17(21)9-11-20-18(22)19-10-8-15-6-4-3-5-7-15/h3-7,12,17,21H,8-11H2,1-2H3,(H2,19,20,22). The Labute approximate surface area is 136 Å². The summed E-state index contributed by atoms with van der Waals surface area (Å²) in [4.78, 5) is 11.7.